The Morgan fingerprint density at radius 3 is 2.46 bits per heavy atom. The van der Waals surface area contributed by atoms with Gasteiger partial charge in [-0.15, -0.1) is 0 Å². The number of ether oxygens (including phenoxy) is 1. The largest absolute Gasteiger partial charge is 0.440 e. The fourth-order valence-corrected chi connectivity index (χ4v) is 1.19. The van der Waals surface area contributed by atoms with Crippen molar-refractivity contribution in [1.29, 1.82) is 5.26 Å². The number of hydrogen-bond donors (Lipinski definition) is 0. The number of nitriles is 1. The van der Waals surface area contributed by atoms with Crippen molar-refractivity contribution in [2.75, 3.05) is 0 Å². The van der Waals surface area contributed by atoms with Crippen LogP contribution in [0.5, 0.6) is 0 Å². The van der Waals surface area contributed by atoms with E-state index in [1.165, 1.54) is 6.08 Å². The van der Waals surface area contributed by atoms with Crippen LogP contribution in [-0.4, -0.2) is 11.6 Å². The fraction of sp³-hybridized carbons (Fsp3) is 0.600. The minimum absolute atomic E-state index is 0.402. The zero-order chi connectivity index (χ0) is 9.90. The first-order valence-corrected chi connectivity index (χ1v) is 4.37. The molecule has 0 aliphatic heterocycles. The van der Waals surface area contributed by atoms with Gasteiger partial charge in [0.15, 0.2) is 5.60 Å². The van der Waals surface area contributed by atoms with Crippen molar-refractivity contribution in [2.45, 2.75) is 38.7 Å². The van der Waals surface area contributed by atoms with Gasteiger partial charge in [-0.2, -0.15) is 5.26 Å². The van der Waals surface area contributed by atoms with Crippen LogP contribution in [0.1, 0.15) is 33.1 Å². The first-order valence-electron chi connectivity index (χ1n) is 4.37. The van der Waals surface area contributed by atoms with E-state index in [1.807, 2.05) is 19.9 Å². The molecule has 1 fully saturated rings. The number of carbonyl (C=O) groups excluding carboxylic acids is 1. The van der Waals surface area contributed by atoms with Gasteiger partial charge in [-0.25, -0.2) is 4.79 Å². The molecule has 0 heterocycles. The van der Waals surface area contributed by atoms with Gasteiger partial charge in [0.2, 0.25) is 0 Å². The van der Waals surface area contributed by atoms with Crippen molar-refractivity contribution in [3.63, 3.8) is 0 Å². The van der Waals surface area contributed by atoms with E-state index < -0.39 is 11.6 Å². The first kappa shape index (κ1) is 9.79. The summed E-state index contributed by atoms with van der Waals surface area (Å²) in [4.78, 5) is 11.2. The Morgan fingerprint density at radius 2 is 2.15 bits per heavy atom. The molecule has 0 aromatic heterocycles. The van der Waals surface area contributed by atoms with E-state index in [0.717, 1.165) is 12.0 Å². The Labute approximate surface area is 78.0 Å². The lowest BCUT2D eigenvalue weighted by Gasteiger charge is -2.33. The highest BCUT2D eigenvalue weighted by Crippen LogP contribution is 2.34. The monoisotopic (exact) mass is 179 g/mol. The van der Waals surface area contributed by atoms with Gasteiger partial charge < -0.3 is 4.74 Å². The molecule has 1 aliphatic carbocycles. The van der Waals surface area contributed by atoms with Crippen LogP contribution in [0.15, 0.2) is 11.6 Å². The quantitative estimate of drug-likeness (QED) is 0.480. The van der Waals surface area contributed by atoms with E-state index in [0.29, 0.717) is 12.8 Å². The van der Waals surface area contributed by atoms with Crippen molar-refractivity contribution in [3.05, 3.63) is 11.6 Å². The summed E-state index contributed by atoms with van der Waals surface area (Å²) in [5.41, 5.74) is 0.0701. The average Bonchev–Trinajstić information content (AvgIpc) is 1.95. The molecule has 13 heavy (non-hydrogen) atoms. The van der Waals surface area contributed by atoms with E-state index in [1.54, 1.807) is 0 Å². The van der Waals surface area contributed by atoms with Crippen LogP contribution in [0.25, 0.3) is 0 Å². The molecule has 0 aromatic carbocycles. The first-order chi connectivity index (χ1) is 6.08. The van der Waals surface area contributed by atoms with Gasteiger partial charge in [-0.05, 0) is 20.3 Å². The second kappa shape index (κ2) is 3.61. The molecule has 0 bridgehead atoms. The highest BCUT2D eigenvalue weighted by molar-refractivity contribution is 5.83. The molecule has 0 unspecified atom stereocenters. The van der Waals surface area contributed by atoms with E-state index in [4.69, 9.17) is 10.00 Å². The standard InChI is InChI=1S/C10H13NO2/c1-8(2)6-9(12)13-10(7-11)4-3-5-10/h6H,3-5H2,1-2H3. The maximum Gasteiger partial charge on any atom is 0.332 e. The third-order valence-electron chi connectivity index (χ3n) is 2.07. The molecule has 0 atom stereocenters. The fourth-order valence-electron chi connectivity index (χ4n) is 1.19. The summed E-state index contributed by atoms with van der Waals surface area (Å²) >= 11 is 0. The van der Waals surface area contributed by atoms with Crippen LogP contribution < -0.4 is 0 Å². The molecule has 0 radical (unpaired) electrons. The lowest BCUT2D eigenvalue weighted by atomic mass is 9.81. The van der Waals surface area contributed by atoms with Gasteiger partial charge >= 0.3 is 5.97 Å². The predicted octanol–water partition coefficient (Wildman–Crippen LogP) is 1.94. The third-order valence-corrected chi connectivity index (χ3v) is 2.07. The van der Waals surface area contributed by atoms with Crippen molar-refractivity contribution >= 4 is 5.97 Å². The van der Waals surface area contributed by atoms with Crippen LogP contribution in [0.3, 0.4) is 0 Å². The Morgan fingerprint density at radius 1 is 1.54 bits per heavy atom. The minimum Gasteiger partial charge on any atom is -0.440 e. The molecule has 0 amide bonds. The van der Waals surface area contributed by atoms with Crippen LogP contribution in [-0.2, 0) is 9.53 Å². The lowest BCUT2D eigenvalue weighted by molar-refractivity contribution is -0.154. The Bertz CT molecular complexity index is 278. The van der Waals surface area contributed by atoms with Gasteiger partial charge in [-0.1, -0.05) is 5.57 Å². The number of nitrogens with zero attached hydrogens (tertiary/aromatic N) is 1. The van der Waals surface area contributed by atoms with Crippen LogP contribution >= 0.6 is 0 Å². The Hall–Kier alpha value is -1.30. The molecule has 0 aromatic rings. The van der Waals surface area contributed by atoms with Crippen molar-refractivity contribution in [1.82, 2.24) is 0 Å². The molecule has 1 rings (SSSR count). The average molecular weight is 179 g/mol. The van der Waals surface area contributed by atoms with Crippen molar-refractivity contribution in [3.8, 4) is 6.07 Å². The summed E-state index contributed by atoms with van der Waals surface area (Å²) < 4.78 is 5.06. The van der Waals surface area contributed by atoms with Gasteiger partial charge in [0.1, 0.15) is 6.07 Å². The number of carbonyl (C=O) groups is 1. The van der Waals surface area contributed by atoms with E-state index in [-0.39, 0.29) is 0 Å². The summed E-state index contributed by atoms with van der Waals surface area (Å²) in [5, 5.41) is 8.77. The van der Waals surface area contributed by atoms with Crippen LogP contribution in [0, 0.1) is 11.3 Å². The van der Waals surface area contributed by atoms with E-state index in [2.05, 4.69) is 0 Å². The summed E-state index contributed by atoms with van der Waals surface area (Å²) in [6.07, 6.45) is 3.73. The number of esters is 1. The highest BCUT2D eigenvalue weighted by atomic mass is 16.6. The number of hydrogen-bond acceptors (Lipinski definition) is 3. The molecule has 3 nitrogen and oxygen atoms in total. The summed E-state index contributed by atoms with van der Waals surface area (Å²) in [6, 6.07) is 2.05. The zero-order valence-corrected chi connectivity index (χ0v) is 7.96. The van der Waals surface area contributed by atoms with E-state index in [9.17, 15) is 4.79 Å². The van der Waals surface area contributed by atoms with Crippen molar-refractivity contribution < 1.29 is 9.53 Å². The smallest absolute Gasteiger partial charge is 0.332 e. The number of rotatable bonds is 2. The molecule has 0 N–H and O–H groups in total. The van der Waals surface area contributed by atoms with Gasteiger partial charge in [0, 0.05) is 18.9 Å². The van der Waals surface area contributed by atoms with Crippen LogP contribution in [0.4, 0.5) is 0 Å². The Kier molecular flexibility index (Phi) is 2.72. The van der Waals surface area contributed by atoms with Crippen LogP contribution in [0.2, 0.25) is 0 Å². The van der Waals surface area contributed by atoms with Gasteiger partial charge in [0.25, 0.3) is 0 Å². The molecule has 3 heteroatoms. The summed E-state index contributed by atoms with van der Waals surface area (Å²) in [7, 11) is 0. The topological polar surface area (TPSA) is 50.1 Å². The molecular weight excluding hydrogens is 166 g/mol. The highest BCUT2D eigenvalue weighted by Gasteiger charge is 2.40. The molecule has 70 valence electrons. The maximum atomic E-state index is 11.2. The Balaban J connectivity index is 2.54. The van der Waals surface area contributed by atoms with Gasteiger partial charge in [0.05, 0.1) is 0 Å². The summed E-state index contributed by atoms with van der Waals surface area (Å²) in [5.74, 6) is -0.402. The maximum absolute atomic E-state index is 11.2. The second-order valence-electron chi connectivity index (χ2n) is 3.60. The number of allylic oxidation sites excluding steroid dienone is 1. The molecule has 0 saturated heterocycles. The lowest BCUT2D eigenvalue weighted by Crippen LogP contribution is -2.40. The second-order valence-corrected chi connectivity index (χ2v) is 3.60. The predicted molar refractivity (Wildman–Crippen MR) is 47.7 cm³/mol. The molecular formula is C10H13NO2. The van der Waals surface area contributed by atoms with Gasteiger partial charge in [-0.3, -0.25) is 0 Å². The summed E-state index contributed by atoms with van der Waals surface area (Å²) in [6.45, 7) is 3.64. The zero-order valence-electron chi connectivity index (χ0n) is 7.96. The van der Waals surface area contributed by atoms with E-state index >= 15 is 0 Å². The molecule has 1 aliphatic rings. The van der Waals surface area contributed by atoms with Crippen molar-refractivity contribution in [2.24, 2.45) is 0 Å². The SMILES string of the molecule is CC(C)=CC(=O)OC1(C#N)CCC1. The third kappa shape index (κ3) is 2.32. The minimum atomic E-state index is -0.816. The normalized spacial score (nSPS) is 17.9. The molecule has 1 saturated carbocycles. The molecule has 0 spiro atoms.